The highest BCUT2D eigenvalue weighted by Gasteiger charge is 2.12. The first-order valence-corrected chi connectivity index (χ1v) is 4.24. The Labute approximate surface area is 77.8 Å². The van der Waals surface area contributed by atoms with E-state index in [-0.39, 0.29) is 30.8 Å². The fourth-order valence-corrected chi connectivity index (χ4v) is 0.708. The van der Waals surface area contributed by atoms with Crippen molar-refractivity contribution in [2.75, 3.05) is 6.54 Å². The third kappa shape index (κ3) is 6.10. The maximum Gasteiger partial charge on any atom is 0.236 e. The van der Waals surface area contributed by atoms with E-state index in [9.17, 15) is 9.59 Å². The van der Waals surface area contributed by atoms with Crippen LogP contribution in [0.2, 0.25) is 0 Å². The molecule has 0 radical (unpaired) electrons. The monoisotopic (exact) mass is 187 g/mol. The van der Waals surface area contributed by atoms with Gasteiger partial charge in [-0.3, -0.25) is 9.59 Å². The normalized spacial score (nSPS) is 12.6. The number of carbonyl (C=O) groups is 2. The van der Waals surface area contributed by atoms with Crippen LogP contribution in [0.1, 0.15) is 20.3 Å². The highest BCUT2D eigenvalue weighted by atomic mass is 16.2. The zero-order valence-electron chi connectivity index (χ0n) is 8.04. The van der Waals surface area contributed by atoms with Crippen molar-refractivity contribution in [1.29, 1.82) is 0 Å². The van der Waals surface area contributed by atoms with Crippen LogP contribution in [0.3, 0.4) is 0 Å². The van der Waals surface area contributed by atoms with Crippen LogP contribution in [0.15, 0.2) is 0 Å². The van der Waals surface area contributed by atoms with Crippen LogP contribution < -0.4 is 16.8 Å². The Balaban J connectivity index is 3.68. The van der Waals surface area contributed by atoms with Crippen LogP contribution in [0.5, 0.6) is 0 Å². The molecule has 0 heterocycles. The van der Waals surface area contributed by atoms with Crippen LogP contribution in [-0.2, 0) is 9.59 Å². The van der Waals surface area contributed by atoms with Crippen LogP contribution in [-0.4, -0.2) is 24.4 Å². The number of hydrogen-bond acceptors (Lipinski definition) is 3. The summed E-state index contributed by atoms with van der Waals surface area (Å²) in [5.41, 5.74) is 10.5. The molecule has 0 aliphatic heterocycles. The molecule has 5 N–H and O–H groups in total. The molecule has 0 rings (SSSR count). The van der Waals surface area contributed by atoms with Gasteiger partial charge in [0.15, 0.2) is 0 Å². The number of amides is 2. The molecule has 0 spiro atoms. The van der Waals surface area contributed by atoms with Crippen molar-refractivity contribution >= 4 is 11.8 Å². The van der Waals surface area contributed by atoms with Gasteiger partial charge in [0, 0.05) is 12.5 Å². The summed E-state index contributed by atoms with van der Waals surface area (Å²) in [5, 5.41) is 2.37. The minimum atomic E-state index is -0.550. The van der Waals surface area contributed by atoms with Crippen molar-refractivity contribution in [3.8, 4) is 0 Å². The summed E-state index contributed by atoms with van der Waals surface area (Å²) in [4.78, 5) is 21.4. The first-order valence-electron chi connectivity index (χ1n) is 4.24. The molecule has 13 heavy (non-hydrogen) atoms. The SMILES string of the molecule is CC(C)C(N)CC(=O)NCC(N)=O. The zero-order chi connectivity index (χ0) is 10.4. The van der Waals surface area contributed by atoms with Crippen molar-refractivity contribution in [3.63, 3.8) is 0 Å². The number of carbonyl (C=O) groups excluding carboxylic acids is 2. The maximum atomic E-state index is 11.1. The van der Waals surface area contributed by atoms with Crippen LogP contribution in [0.4, 0.5) is 0 Å². The molecule has 2 amide bonds. The summed E-state index contributed by atoms with van der Waals surface area (Å²) in [6, 6.07) is -0.173. The summed E-state index contributed by atoms with van der Waals surface area (Å²) >= 11 is 0. The van der Waals surface area contributed by atoms with Gasteiger partial charge in [0.1, 0.15) is 0 Å². The highest BCUT2D eigenvalue weighted by Crippen LogP contribution is 2.01. The lowest BCUT2D eigenvalue weighted by Crippen LogP contribution is -2.38. The summed E-state index contributed by atoms with van der Waals surface area (Å²) in [6.07, 6.45) is 0.227. The molecule has 0 aliphatic rings. The number of nitrogens with two attached hydrogens (primary N) is 2. The second kappa shape index (κ2) is 5.53. The van der Waals surface area contributed by atoms with Gasteiger partial charge in [0.25, 0.3) is 0 Å². The van der Waals surface area contributed by atoms with E-state index >= 15 is 0 Å². The Bertz CT molecular complexity index is 192. The van der Waals surface area contributed by atoms with E-state index < -0.39 is 5.91 Å². The van der Waals surface area contributed by atoms with Crippen molar-refractivity contribution < 1.29 is 9.59 Å². The Morgan fingerprint density at radius 1 is 1.38 bits per heavy atom. The third-order valence-corrected chi connectivity index (χ3v) is 1.74. The summed E-state index contributed by atoms with van der Waals surface area (Å²) in [7, 11) is 0. The van der Waals surface area contributed by atoms with Crippen LogP contribution in [0.25, 0.3) is 0 Å². The molecule has 0 aromatic heterocycles. The number of nitrogens with one attached hydrogen (secondary N) is 1. The molecule has 0 saturated carbocycles. The molecular formula is C8H17N3O2. The van der Waals surface area contributed by atoms with Crippen molar-refractivity contribution in [3.05, 3.63) is 0 Å². The second-order valence-electron chi connectivity index (χ2n) is 3.36. The van der Waals surface area contributed by atoms with E-state index in [4.69, 9.17) is 11.5 Å². The Morgan fingerprint density at radius 3 is 2.31 bits per heavy atom. The predicted molar refractivity (Wildman–Crippen MR) is 49.6 cm³/mol. The highest BCUT2D eigenvalue weighted by molar-refractivity contribution is 5.83. The number of rotatable bonds is 5. The zero-order valence-corrected chi connectivity index (χ0v) is 8.04. The average Bonchev–Trinajstić information content (AvgIpc) is 2.00. The molecule has 5 nitrogen and oxygen atoms in total. The first kappa shape index (κ1) is 11.9. The van der Waals surface area contributed by atoms with E-state index in [2.05, 4.69) is 5.32 Å². The van der Waals surface area contributed by atoms with E-state index in [0.29, 0.717) is 0 Å². The lowest BCUT2D eigenvalue weighted by molar-refractivity contribution is -0.125. The lowest BCUT2D eigenvalue weighted by Gasteiger charge is -2.14. The second-order valence-corrected chi connectivity index (χ2v) is 3.36. The van der Waals surface area contributed by atoms with Gasteiger partial charge < -0.3 is 16.8 Å². The standard InChI is InChI=1S/C8H17N3O2/c1-5(2)6(9)3-8(13)11-4-7(10)12/h5-6H,3-4,9H2,1-2H3,(H2,10,12)(H,11,13). The Morgan fingerprint density at radius 2 is 1.92 bits per heavy atom. The first-order chi connectivity index (χ1) is 5.93. The van der Waals surface area contributed by atoms with Crippen molar-refractivity contribution in [2.24, 2.45) is 17.4 Å². The molecule has 0 saturated heterocycles. The summed E-state index contributed by atoms with van der Waals surface area (Å²) in [6.45, 7) is 3.75. The Hall–Kier alpha value is -1.10. The van der Waals surface area contributed by atoms with Gasteiger partial charge in [0.2, 0.25) is 11.8 Å². The summed E-state index contributed by atoms with van der Waals surface area (Å²) in [5.74, 6) is -0.536. The fourth-order valence-electron chi connectivity index (χ4n) is 0.708. The minimum Gasteiger partial charge on any atom is -0.368 e. The van der Waals surface area contributed by atoms with Gasteiger partial charge in [-0.25, -0.2) is 0 Å². The van der Waals surface area contributed by atoms with Gasteiger partial charge in [-0.2, -0.15) is 0 Å². The topological polar surface area (TPSA) is 98.2 Å². The largest absolute Gasteiger partial charge is 0.368 e. The third-order valence-electron chi connectivity index (χ3n) is 1.74. The lowest BCUT2D eigenvalue weighted by atomic mass is 10.0. The average molecular weight is 187 g/mol. The maximum absolute atomic E-state index is 11.1. The van der Waals surface area contributed by atoms with Gasteiger partial charge in [-0.1, -0.05) is 13.8 Å². The molecule has 0 bridgehead atoms. The predicted octanol–water partition coefficient (Wildman–Crippen LogP) is -1.04. The number of hydrogen-bond donors (Lipinski definition) is 3. The minimum absolute atomic E-state index is 0.121. The molecule has 0 aromatic carbocycles. The van der Waals surface area contributed by atoms with Gasteiger partial charge in [-0.05, 0) is 5.92 Å². The molecule has 1 unspecified atom stereocenters. The van der Waals surface area contributed by atoms with Crippen LogP contribution >= 0.6 is 0 Å². The van der Waals surface area contributed by atoms with Gasteiger partial charge >= 0.3 is 0 Å². The van der Waals surface area contributed by atoms with Crippen LogP contribution in [0, 0.1) is 5.92 Å². The molecule has 76 valence electrons. The van der Waals surface area contributed by atoms with Crippen molar-refractivity contribution in [1.82, 2.24) is 5.32 Å². The summed E-state index contributed by atoms with van der Waals surface area (Å²) < 4.78 is 0. The van der Waals surface area contributed by atoms with Gasteiger partial charge in [-0.15, -0.1) is 0 Å². The Kier molecular flexibility index (Phi) is 5.06. The van der Waals surface area contributed by atoms with Crippen molar-refractivity contribution in [2.45, 2.75) is 26.3 Å². The van der Waals surface area contributed by atoms with E-state index in [0.717, 1.165) is 0 Å². The molecule has 0 fully saturated rings. The van der Waals surface area contributed by atoms with Gasteiger partial charge in [0.05, 0.1) is 6.54 Å². The smallest absolute Gasteiger partial charge is 0.236 e. The number of primary amides is 1. The molecule has 5 heteroatoms. The van der Waals surface area contributed by atoms with E-state index in [1.54, 1.807) is 0 Å². The molecule has 0 aliphatic carbocycles. The molecular weight excluding hydrogens is 170 g/mol. The quantitative estimate of drug-likeness (QED) is 0.512. The fraction of sp³-hybridized carbons (Fsp3) is 0.750. The van der Waals surface area contributed by atoms with E-state index in [1.165, 1.54) is 0 Å². The molecule has 0 aromatic rings. The molecule has 1 atom stereocenters. The van der Waals surface area contributed by atoms with E-state index in [1.807, 2.05) is 13.8 Å².